The van der Waals surface area contributed by atoms with E-state index in [4.69, 9.17) is 14.2 Å². The van der Waals surface area contributed by atoms with Gasteiger partial charge in [-0.3, -0.25) is 9.69 Å². The van der Waals surface area contributed by atoms with Gasteiger partial charge in [-0.25, -0.2) is 0 Å². The van der Waals surface area contributed by atoms with Crippen LogP contribution in [-0.2, 0) is 6.54 Å². The molecular weight excluding hydrogens is 382 g/mol. The maximum absolute atomic E-state index is 13.1. The van der Waals surface area contributed by atoms with E-state index in [0.29, 0.717) is 35.9 Å². The summed E-state index contributed by atoms with van der Waals surface area (Å²) < 4.78 is 16.1. The Labute approximate surface area is 176 Å². The van der Waals surface area contributed by atoms with E-state index in [1.807, 2.05) is 11.0 Å². The number of para-hydroxylation sites is 1. The lowest BCUT2D eigenvalue weighted by Crippen LogP contribution is -2.48. The lowest BCUT2D eigenvalue weighted by Gasteiger charge is -2.34. The molecule has 1 N–H and O–H groups in total. The first kappa shape index (κ1) is 20.1. The third-order valence-electron chi connectivity index (χ3n) is 5.64. The van der Waals surface area contributed by atoms with Gasteiger partial charge in [0.05, 0.1) is 21.3 Å². The number of aromatic amines is 1. The number of amides is 1. The molecule has 0 saturated carbocycles. The molecule has 1 aliphatic rings. The number of carbonyl (C=O) groups excluding carboxylic acids is 1. The summed E-state index contributed by atoms with van der Waals surface area (Å²) >= 11 is 0. The van der Waals surface area contributed by atoms with Crippen LogP contribution in [-0.4, -0.2) is 68.2 Å². The fourth-order valence-corrected chi connectivity index (χ4v) is 4.00. The molecule has 0 bridgehead atoms. The fourth-order valence-electron chi connectivity index (χ4n) is 4.00. The summed E-state index contributed by atoms with van der Waals surface area (Å²) in [5, 5.41) is 1.26. The van der Waals surface area contributed by atoms with Crippen LogP contribution in [0, 0.1) is 0 Å². The Kier molecular flexibility index (Phi) is 5.81. The van der Waals surface area contributed by atoms with Gasteiger partial charge in [-0.2, -0.15) is 0 Å². The molecular formula is C23H27N3O4. The molecule has 1 aromatic heterocycles. The number of ether oxygens (including phenoxy) is 3. The molecule has 2 heterocycles. The number of piperazine rings is 1. The SMILES string of the molecule is COc1cc(C(=O)N2CCN(Cc3c[nH]c4ccccc34)CC2)cc(OC)c1OC. The Morgan fingerprint density at radius 1 is 0.967 bits per heavy atom. The van der Waals surface area contributed by atoms with Gasteiger partial charge in [0.15, 0.2) is 11.5 Å². The average molecular weight is 409 g/mol. The van der Waals surface area contributed by atoms with Gasteiger partial charge in [-0.15, -0.1) is 0 Å². The Hall–Kier alpha value is -3.19. The summed E-state index contributed by atoms with van der Waals surface area (Å²) in [6, 6.07) is 11.8. The van der Waals surface area contributed by atoms with E-state index in [1.165, 1.54) is 10.9 Å². The highest BCUT2D eigenvalue weighted by atomic mass is 16.5. The molecule has 1 amide bonds. The second kappa shape index (κ2) is 8.67. The van der Waals surface area contributed by atoms with Crippen LogP contribution in [0.5, 0.6) is 17.2 Å². The molecule has 1 saturated heterocycles. The zero-order chi connectivity index (χ0) is 21.1. The minimum absolute atomic E-state index is 0.0269. The third kappa shape index (κ3) is 3.80. The molecule has 4 rings (SSSR count). The second-order valence-electron chi connectivity index (χ2n) is 7.34. The van der Waals surface area contributed by atoms with E-state index in [-0.39, 0.29) is 5.91 Å². The van der Waals surface area contributed by atoms with E-state index >= 15 is 0 Å². The quantitative estimate of drug-likeness (QED) is 0.678. The van der Waals surface area contributed by atoms with Gasteiger partial charge in [0, 0.05) is 55.4 Å². The molecule has 0 aliphatic carbocycles. The van der Waals surface area contributed by atoms with Crippen LogP contribution in [0.1, 0.15) is 15.9 Å². The highest BCUT2D eigenvalue weighted by Gasteiger charge is 2.25. The molecule has 158 valence electrons. The van der Waals surface area contributed by atoms with Gasteiger partial charge in [-0.05, 0) is 23.8 Å². The molecule has 0 unspecified atom stereocenters. The largest absolute Gasteiger partial charge is 0.493 e. The number of methoxy groups -OCH3 is 3. The summed E-state index contributed by atoms with van der Waals surface area (Å²) in [6.45, 7) is 3.89. The first-order chi connectivity index (χ1) is 14.6. The number of fused-ring (bicyclic) bond motifs is 1. The maximum Gasteiger partial charge on any atom is 0.254 e. The van der Waals surface area contributed by atoms with Crippen LogP contribution in [0.3, 0.4) is 0 Å². The molecule has 2 aromatic carbocycles. The Morgan fingerprint density at radius 2 is 1.63 bits per heavy atom. The molecule has 0 atom stereocenters. The number of nitrogens with zero attached hydrogens (tertiary/aromatic N) is 2. The topological polar surface area (TPSA) is 67.0 Å². The molecule has 30 heavy (non-hydrogen) atoms. The van der Waals surface area contributed by atoms with E-state index in [0.717, 1.165) is 25.2 Å². The zero-order valence-electron chi connectivity index (χ0n) is 17.6. The van der Waals surface area contributed by atoms with Crippen molar-refractivity contribution in [1.29, 1.82) is 0 Å². The highest BCUT2D eigenvalue weighted by Crippen LogP contribution is 2.38. The molecule has 0 radical (unpaired) electrons. The number of carbonyl (C=O) groups is 1. The summed E-state index contributed by atoms with van der Waals surface area (Å²) in [7, 11) is 4.65. The summed E-state index contributed by atoms with van der Waals surface area (Å²) in [4.78, 5) is 20.7. The van der Waals surface area contributed by atoms with Crippen LogP contribution >= 0.6 is 0 Å². The van der Waals surface area contributed by atoms with Gasteiger partial charge >= 0.3 is 0 Å². The van der Waals surface area contributed by atoms with Crippen LogP contribution in [0.25, 0.3) is 10.9 Å². The van der Waals surface area contributed by atoms with Crippen molar-refractivity contribution in [3.8, 4) is 17.2 Å². The number of benzene rings is 2. The van der Waals surface area contributed by atoms with Crippen molar-refractivity contribution in [2.45, 2.75) is 6.54 Å². The van der Waals surface area contributed by atoms with Gasteiger partial charge in [0.2, 0.25) is 5.75 Å². The predicted octanol–water partition coefficient (Wildman–Crippen LogP) is 3.15. The van der Waals surface area contributed by atoms with Crippen molar-refractivity contribution in [2.75, 3.05) is 47.5 Å². The zero-order valence-corrected chi connectivity index (χ0v) is 17.6. The van der Waals surface area contributed by atoms with Crippen LogP contribution in [0.15, 0.2) is 42.6 Å². The monoisotopic (exact) mass is 409 g/mol. The Balaban J connectivity index is 1.43. The number of hydrogen-bond acceptors (Lipinski definition) is 5. The van der Waals surface area contributed by atoms with Crippen molar-refractivity contribution in [2.24, 2.45) is 0 Å². The summed E-state index contributed by atoms with van der Waals surface area (Å²) in [5.41, 5.74) is 2.98. The van der Waals surface area contributed by atoms with Crippen molar-refractivity contribution in [3.05, 3.63) is 53.7 Å². The Bertz CT molecular complexity index is 1010. The number of nitrogens with one attached hydrogen (secondary N) is 1. The number of rotatable bonds is 6. The smallest absolute Gasteiger partial charge is 0.254 e. The predicted molar refractivity (Wildman–Crippen MR) is 116 cm³/mol. The minimum Gasteiger partial charge on any atom is -0.493 e. The summed E-state index contributed by atoms with van der Waals surface area (Å²) in [6.07, 6.45) is 2.08. The highest BCUT2D eigenvalue weighted by molar-refractivity contribution is 5.95. The van der Waals surface area contributed by atoms with Crippen LogP contribution < -0.4 is 14.2 Å². The third-order valence-corrected chi connectivity index (χ3v) is 5.64. The standard InChI is InChI=1S/C23H27N3O4/c1-28-20-12-16(13-21(29-2)22(20)30-3)23(27)26-10-8-25(9-11-26)15-17-14-24-19-7-5-4-6-18(17)19/h4-7,12-14,24H,8-11,15H2,1-3H3. The molecule has 1 fully saturated rings. The summed E-state index contributed by atoms with van der Waals surface area (Å²) in [5.74, 6) is 1.43. The van der Waals surface area contributed by atoms with Crippen molar-refractivity contribution < 1.29 is 19.0 Å². The van der Waals surface area contributed by atoms with Gasteiger partial charge in [0.1, 0.15) is 0 Å². The molecule has 0 spiro atoms. The minimum atomic E-state index is -0.0269. The van der Waals surface area contributed by atoms with E-state index in [9.17, 15) is 4.79 Å². The van der Waals surface area contributed by atoms with Crippen LogP contribution in [0.2, 0.25) is 0 Å². The average Bonchev–Trinajstić information content (AvgIpc) is 3.20. The first-order valence-electron chi connectivity index (χ1n) is 10.0. The maximum atomic E-state index is 13.1. The second-order valence-corrected chi connectivity index (χ2v) is 7.34. The van der Waals surface area contributed by atoms with Gasteiger partial charge < -0.3 is 24.1 Å². The van der Waals surface area contributed by atoms with E-state index < -0.39 is 0 Å². The Morgan fingerprint density at radius 3 is 2.27 bits per heavy atom. The number of H-pyrrole nitrogens is 1. The normalized spacial score (nSPS) is 14.7. The fraction of sp³-hybridized carbons (Fsp3) is 0.348. The lowest BCUT2D eigenvalue weighted by atomic mass is 10.1. The lowest BCUT2D eigenvalue weighted by molar-refractivity contribution is 0.0628. The number of hydrogen-bond donors (Lipinski definition) is 1. The molecule has 7 nitrogen and oxygen atoms in total. The van der Waals surface area contributed by atoms with E-state index in [2.05, 4.69) is 34.3 Å². The first-order valence-corrected chi connectivity index (χ1v) is 10.0. The van der Waals surface area contributed by atoms with Crippen molar-refractivity contribution in [1.82, 2.24) is 14.8 Å². The van der Waals surface area contributed by atoms with Gasteiger partial charge in [0.25, 0.3) is 5.91 Å². The number of aromatic nitrogens is 1. The van der Waals surface area contributed by atoms with E-state index in [1.54, 1.807) is 33.5 Å². The van der Waals surface area contributed by atoms with Crippen molar-refractivity contribution in [3.63, 3.8) is 0 Å². The van der Waals surface area contributed by atoms with Crippen LogP contribution in [0.4, 0.5) is 0 Å². The molecule has 1 aliphatic heterocycles. The molecule has 3 aromatic rings. The van der Waals surface area contributed by atoms with Crippen molar-refractivity contribution >= 4 is 16.8 Å². The molecule has 7 heteroatoms. The van der Waals surface area contributed by atoms with Gasteiger partial charge in [-0.1, -0.05) is 18.2 Å².